The number of nitrogen functional groups attached to an aromatic ring is 1. The first-order valence-electron chi connectivity index (χ1n) is 7.56. The van der Waals surface area contributed by atoms with Crippen molar-refractivity contribution in [1.82, 2.24) is 0 Å². The predicted octanol–water partition coefficient (Wildman–Crippen LogP) is 4.35. The van der Waals surface area contributed by atoms with Gasteiger partial charge in [-0.2, -0.15) is 0 Å². The minimum absolute atomic E-state index is 0. The lowest BCUT2D eigenvalue weighted by Gasteiger charge is -2.30. The van der Waals surface area contributed by atoms with E-state index in [1.807, 2.05) is 12.1 Å². The smallest absolute Gasteiger partial charge is 0.0609 e. The number of rotatable bonds is 2. The minimum atomic E-state index is 0. The van der Waals surface area contributed by atoms with Crippen LogP contribution < -0.4 is 15.5 Å². The van der Waals surface area contributed by atoms with Crippen LogP contribution in [0.2, 0.25) is 0 Å². The standard InChI is InChI=1S/C18H23N3.2ClH/c1-14-10-11-20(2)17-8-3-4-9-18(17)21(14)13-15-6-5-7-16(19)12-15;;/h3-9,12,14H,10-11,13,19H2,1-2H3;2*1H. The molecule has 0 amide bonds. The van der Waals surface area contributed by atoms with Crippen molar-refractivity contribution in [1.29, 1.82) is 0 Å². The molecule has 0 radical (unpaired) electrons. The third-order valence-corrected chi connectivity index (χ3v) is 4.32. The number of nitrogens with zero attached hydrogens (tertiary/aromatic N) is 2. The lowest BCUT2D eigenvalue weighted by atomic mass is 10.1. The lowest BCUT2D eigenvalue weighted by Crippen LogP contribution is -2.32. The lowest BCUT2D eigenvalue weighted by molar-refractivity contribution is 0.601. The number of fused-ring (bicyclic) bond motifs is 1. The van der Waals surface area contributed by atoms with E-state index in [1.54, 1.807) is 0 Å². The Hall–Kier alpha value is -1.58. The van der Waals surface area contributed by atoms with Crippen LogP contribution in [0.3, 0.4) is 0 Å². The fourth-order valence-electron chi connectivity index (χ4n) is 3.05. The van der Waals surface area contributed by atoms with Gasteiger partial charge in [0, 0.05) is 31.9 Å². The maximum atomic E-state index is 5.92. The van der Waals surface area contributed by atoms with E-state index < -0.39 is 0 Å². The molecule has 1 heterocycles. The Balaban J connectivity index is 0.00000132. The van der Waals surface area contributed by atoms with E-state index >= 15 is 0 Å². The second kappa shape index (κ2) is 8.32. The number of hydrogen-bond acceptors (Lipinski definition) is 3. The largest absolute Gasteiger partial charge is 0.399 e. The van der Waals surface area contributed by atoms with Crippen molar-refractivity contribution in [3.05, 3.63) is 54.1 Å². The molecule has 0 aliphatic carbocycles. The molecular weight excluding hydrogens is 329 g/mol. The van der Waals surface area contributed by atoms with E-state index in [-0.39, 0.29) is 24.8 Å². The summed E-state index contributed by atoms with van der Waals surface area (Å²) in [5.41, 5.74) is 10.6. The van der Waals surface area contributed by atoms with Crippen molar-refractivity contribution in [3.8, 4) is 0 Å². The quantitative estimate of drug-likeness (QED) is 0.814. The van der Waals surface area contributed by atoms with Crippen LogP contribution in [0.5, 0.6) is 0 Å². The number of para-hydroxylation sites is 2. The molecule has 2 N–H and O–H groups in total. The number of anilines is 3. The van der Waals surface area contributed by atoms with Gasteiger partial charge in [0.15, 0.2) is 0 Å². The van der Waals surface area contributed by atoms with E-state index in [2.05, 4.69) is 60.2 Å². The molecule has 126 valence electrons. The van der Waals surface area contributed by atoms with Gasteiger partial charge >= 0.3 is 0 Å². The van der Waals surface area contributed by atoms with Gasteiger partial charge in [-0.05, 0) is 43.2 Å². The summed E-state index contributed by atoms with van der Waals surface area (Å²) >= 11 is 0. The van der Waals surface area contributed by atoms with E-state index in [0.717, 1.165) is 25.2 Å². The number of nitrogens with two attached hydrogens (primary N) is 1. The monoisotopic (exact) mass is 353 g/mol. The first kappa shape index (κ1) is 19.5. The Bertz CT molecular complexity index is 633. The molecule has 0 bridgehead atoms. The Morgan fingerprint density at radius 3 is 2.43 bits per heavy atom. The highest BCUT2D eigenvalue weighted by molar-refractivity contribution is 5.85. The van der Waals surface area contributed by atoms with Crippen molar-refractivity contribution in [2.45, 2.75) is 25.9 Å². The van der Waals surface area contributed by atoms with Gasteiger partial charge in [-0.1, -0.05) is 24.3 Å². The van der Waals surface area contributed by atoms with Gasteiger partial charge in [0.1, 0.15) is 0 Å². The summed E-state index contributed by atoms with van der Waals surface area (Å²) in [6.45, 7) is 4.30. The van der Waals surface area contributed by atoms with Crippen molar-refractivity contribution >= 4 is 41.9 Å². The Labute approximate surface area is 151 Å². The Kier molecular flexibility index (Phi) is 7.04. The van der Waals surface area contributed by atoms with E-state index in [1.165, 1.54) is 16.9 Å². The minimum Gasteiger partial charge on any atom is -0.399 e. The average molecular weight is 354 g/mol. The van der Waals surface area contributed by atoms with Gasteiger partial charge in [-0.25, -0.2) is 0 Å². The zero-order valence-corrected chi connectivity index (χ0v) is 15.2. The van der Waals surface area contributed by atoms with E-state index in [4.69, 9.17) is 5.73 Å². The summed E-state index contributed by atoms with van der Waals surface area (Å²) in [7, 11) is 2.18. The van der Waals surface area contributed by atoms with E-state index in [0.29, 0.717) is 6.04 Å². The molecule has 0 fully saturated rings. The highest BCUT2D eigenvalue weighted by Gasteiger charge is 2.23. The molecule has 2 aromatic carbocycles. The van der Waals surface area contributed by atoms with Gasteiger partial charge in [-0.15, -0.1) is 24.8 Å². The second-order valence-corrected chi connectivity index (χ2v) is 5.92. The summed E-state index contributed by atoms with van der Waals surface area (Å²) < 4.78 is 0. The third-order valence-electron chi connectivity index (χ3n) is 4.32. The normalized spacial score (nSPS) is 16.7. The number of halogens is 2. The average Bonchev–Trinajstić information content (AvgIpc) is 2.60. The number of benzene rings is 2. The van der Waals surface area contributed by atoms with Crippen molar-refractivity contribution in [2.24, 2.45) is 0 Å². The molecule has 3 nitrogen and oxygen atoms in total. The number of hydrogen-bond donors (Lipinski definition) is 1. The molecule has 1 unspecified atom stereocenters. The maximum absolute atomic E-state index is 5.92. The second-order valence-electron chi connectivity index (χ2n) is 5.92. The molecule has 1 aliphatic heterocycles. The summed E-state index contributed by atoms with van der Waals surface area (Å²) in [5, 5.41) is 0. The van der Waals surface area contributed by atoms with Crippen LogP contribution in [0.4, 0.5) is 17.1 Å². The van der Waals surface area contributed by atoms with Crippen molar-refractivity contribution in [2.75, 3.05) is 29.1 Å². The molecule has 0 saturated heterocycles. The summed E-state index contributed by atoms with van der Waals surface area (Å²) in [5.74, 6) is 0. The van der Waals surface area contributed by atoms with Crippen LogP contribution in [0.1, 0.15) is 18.9 Å². The molecule has 1 aliphatic rings. The Morgan fingerprint density at radius 1 is 1.04 bits per heavy atom. The van der Waals surface area contributed by atoms with Gasteiger partial charge in [-0.3, -0.25) is 0 Å². The summed E-state index contributed by atoms with van der Waals surface area (Å²) in [4.78, 5) is 4.85. The third kappa shape index (κ3) is 4.24. The first-order chi connectivity index (χ1) is 10.1. The zero-order valence-electron chi connectivity index (χ0n) is 13.6. The molecule has 5 heteroatoms. The first-order valence-corrected chi connectivity index (χ1v) is 7.56. The van der Waals surface area contributed by atoms with Gasteiger partial charge in [0.2, 0.25) is 0 Å². The van der Waals surface area contributed by atoms with Crippen LogP contribution >= 0.6 is 24.8 Å². The molecule has 0 spiro atoms. The fraction of sp³-hybridized carbons (Fsp3) is 0.333. The van der Waals surface area contributed by atoms with Gasteiger partial charge in [0.25, 0.3) is 0 Å². The molecule has 1 atom stereocenters. The van der Waals surface area contributed by atoms with Crippen molar-refractivity contribution < 1.29 is 0 Å². The van der Waals surface area contributed by atoms with Crippen LogP contribution in [0.25, 0.3) is 0 Å². The molecule has 0 saturated carbocycles. The van der Waals surface area contributed by atoms with Crippen LogP contribution in [0.15, 0.2) is 48.5 Å². The van der Waals surface area contributed by atoms with Crippen LogP contribution in [0, 0.1) is 0 Å². The fourth-order valence-corrected chi connectivity index (χ4v) is 3.05. The van der Waals surface area contributed by atoms with Crippen molar-refractivity contribution in [3.63, 3.8) is 0 Å². The molecule has 23 heavy (non-hydrogen) atoms. The SMILES string of the molecule is CC1CCN(C)c2ccccc2N1Cc1cccc(N)c1.Cl.Cl. The maximum Gasteiger partial charge on any atom is 0.0609 e. The van der Waals surface area contributed by atoms with Crippen LogP contribution in [-0.4, -0.2) is 19.6 Å². The van der Waals surface area contributed by atoms with Gasteiger partial charge < -0.3 is 15.5 Å². The molecule has 3 rings (SSSR count). The molecule has 2 aromatic rings. The molecule has 0 aromatic heterocycles. The highest BCUT2D eigenvalue weighted by atomic mass is 35.5. The predicted molar refractivity (Wildman–Crippen MR) is 105 cm³/mol. The Morgan fingerprint density at radius 2 is 1.74 bits per heavy atom. The van der Waals surface area contributed by atoms with Crippen LogP contribution in [-0.2, 0) is 6.54 Å². The summed E-state index contributed by atoms with van der Waals surface area (Å²) in [6, 6.07) is 17.4. The zero-order chi connectivity index (χ0) is 14.8. The highest BCUT2D eigenvalue weighted by Crippen LogP contribution is 2.34. The van der Waals surface area contributed by atoms with E-state index in [9.17, 15) is 0 Å². The summed E-state index contributed by atoms with van der Waals surface area (Å²) in [6.07, 6.45) is 1.16. The van der Waals surface area contributed by atoms with Gasteiger partial charge in [0.05, 0.1) is 11.4 Å². The molecular formula is C18H25Cl2N3. The topological polar surface area (TPSA) is 32.5 Å².